The van der Waals surface area contributed by atoms with Gasteiger partial charge in [-0.2, -0.15) is 0 Å². The normalized spacial score (nSPS) is 15.6. The van der Waals surface area contributed by atoms with Crippen LogP contribution in [-0.2, 0) is 32.5 Å². The van der Waals surface area contributed by atoms with E-state index in [-0.39, 0.29) is 16.2 Å². The molecule has 110 heavy (non-hydrogen) atoms. The molecule has 0 atom stereocenters. The summed E-state index contributed by atoms with van der Waals surface area (Å²) >= 11 is 5.75. The maximum absolute atomic E-state index is 2.56. The lowest BCUT2D eigenvalue weighted by atomic mass is 9.69. The summed E-state index contributed by atoms with van der Waals surface area (Å²) in [5.74, 6) is 2.18. The van der Waals surface area contributed by atoms with Gasteiger partial charge in [0.25, 0.3) is 0 Å². The number of hydrogen-bond acceptors (Lipinski definition) is 3. The van der Waals surface area contributed by atoms with Crippen molar-refractivity contribution in [3.63, 3.8) is 0 Å². The Morgan fingerprint density at radius 2 is 0.545 bits per heavy atom. The van der Waals surface area contributed by atoms with Crippen molar-refractivity contribution < 1.29 is 0 Å². The zero-order valence-corrected chi connectivity index (χ0v) is 76.9. The van der Waals surface area contributed by atoms with Crippen molar-refractivity contribution in [1.82, 2.24) is 0 Å². The summed E-state index contributed by atoms with van der Waals surface area (Å²) in [6, 6.07) is 50.9. The number of aryl methyl sites for hydroxylation is 6. The van der Waals surface area contributed by atoms with E-state index in [1.54, 1.807) is 16.7 Å². The fourth-order valence-electron chi connectivity index (χ4n) is 18.6. The second-order valence-corrected chi connectivity index (χ2v) is 44.2. The minimum absolute atomic E-state index is 0.173. The zero-order valence-electron chi connectivity index (χ0n) is 74.4. The van der Waals surface area contributed by atoms with Gasteiger partial charge in [0, 0.05) is 24.4 Å². The third kappa shape index (κ3) is 19.9. The van der Waals surface area contributed by atoms with E-state index < -0.39 is 0 Å². The van der Waals surface area contributed by atoms with Crippen molar-refractivity contribution in [2.45, 2.75) is 341 Å². The first-order valence-corrected chi connectivity index (χ1v) is 44.8. The number of rotatable bonds is 3. The lowest BCUT2D eigenvalue weighted by Crippen LogP contribution is -2.21. The van der Waals surface area contributed by atoms with Crippen molar-refractivity contribution in [1.29, 1.82) is 0 Å². The molecule has 588 valence electrons. The quantitative estimate of drug-likeness (QED) is 0.155. The minimum Gasteiger partial charge on any atom is -0.148 e. The van der Waals surface area contributed by atoms with Gasteiger partial charge >= 0.3 is 0 Å². The molecule has 0 spiro atoms. The number of thiophene rings is 3. The second-order valence-electron chi connectivity index (χ2n) is 40.8. The molecule has 0 bridgehead atoms. The van der Waals surface area contributed by atoms with Crippen molar-refractivity contribution in [3.05, 3.63) is 241 Å². The predicted molar refractivity (Wildman–Crippen MR) is 499 cm³/mol. The lowest BCUT2D eigenvalue weighted by Gasteiger charge is -2.36. The largest absolute Gasteiger partial charge is 0.148 e. The maximum atomic E-state index is 2.56. The summed E-state index contributed by atoms with van der Waals surface area (Å²) in [6.45, 7) is 69.0. The molecular weight excluding hydrogens is 1380 g/mol. The summed E-state index contributed by atoms with van der Waals surface area (Å²) in [7, 11) is 0. The molecule has 3 heteroatoms. The number of hydrogen-bond donors (Lipinski definition) is 0. The number of benzene rings is 9. The van der Waals surface area contributed by atoms with Crippen LogP contribution in [0.4, 0.5) is 0 Å². The lowest BCUT2D eigenvalue weighted by molar-refractivity contribution is 0.225. The Labute approximate surface area is 681 Å². The van der Waals surface area contributed by atoms with Gasteiger partial charge in [0.1, 0.15) is 0 Å². The van der Waals surface area contributed by atoms with Crippen molar-refractivity contribution in [2.75, 3.05) is 0 Å². The van der Waals surface area contributed by atoms with Crippen LogP contribution in [0.3, 0.4) is 0 Å². The Bertz CT molecular complexity index is 5120. The third-order valence-corrected chi connectivity index (χ3v) is 30.1. The van der Waals surface area contributed by atoms with Crippen LogP contribution in [0.1, 0.15) is 342 Å². The Kier molecular flexibility index (Phi) is 26.6. The molecule has 0 amide bonds. The third-order valence-electron chi connectivity index (χ3n) is 25.2. The standard InChI is InChI=1S/C27H34.C25H30.C24H28.2C11H18S.C9H14S/c1-18-22-15-20-9-7-8-10-21(20)16-24(22)23(17-25(18)26(2,3)4)19-11-13-27(5,6)14-12-19;1-17-21-14-19-12-8-9-13-20(19)15-23(21)22(16-24(17)25(2,3)4)18-10-6-5-7-11-18;1-16-20-13-18-11-7-8-12-19(18)14-22(20)21(17-9-5-6-10-17)15-23(16)24(2,3)4;2*1-7-8(2)10(11(4,5)6)12-9(7)3;1-7-5-6-10-8(7)9(2,3)4/h7-10,15-17,19H,11-14H2,1-6H3;8-9,12-16,18H,5-7,10-11H2,1-4H3;7-8,11-15,17H,5-6,9-10H2,1-4H3;2*1-6H3;5-6H,1-4H3. The van der Waals surface area contributed by atoms with Crippen LogP contribution < -0.4 is 0 Å². The second kappa shape index (κ2) is 34.0. The fraction of sp³-hybridized carbons (Fsp3) is 0.495. The first-order valence-electron chi connectivity index (χ1n) is 42.3. The molecule has 3 aromatic heterocycles. The summed E-state index contributed by atoms with van der Waals surface area (Å²) in [5, 5.41) is 19.2. The van der Waals surface area contributed by atoms with Crippen molar-refractivity contribution in [3.8, 4) is 0 Å². The highest BCUT2D eigenvalue weighted by atomic mass is 32.1. The van der Waals surface area contributed by atoms with Gasteiger partial charge in [0.05, 0.1) is 0 Å². The molecule has 0 radical (unpaired) electrons. The monoisotopic (exact) mass is 1520 g/mol. The average molecular weight is 1520 g/mol. The molecule has 0 N–H and O–H groups in total. The molecule has 9 aromatic carbocycles. The SMILES string of the molecule is Cc1c(C(C)(C)C)cc(C2CCC(C)(C)CC2)c2cc3ccccc3cc12.Cc1c(C(C)(C)C)cc(C2CCCC2)c2cc3ccccc3cc12.Cc1c(C(C)(C)C)cc(C2CCCCC2)c2cc3ccccc3cc12.Cc1ccsc1C(C)(C)C.Cc1sc(C(C)(C)C)c(C)c1C.Cc1sc(C(C)(C)C)c(C)c1C. The van der Waals surface area contributed by atoms with Gasteiger partial charge in [0.2, 0.25) is 0 Å². The Morgan fingerprint density at radius 1 is 0.282 bits per heavy atom. The van der Waals surface area contributed by atoms with E-state index in [0.29, 0.717) is 27.6 Å². The molecule has 3 aliphatic carbocycles. The van der Waals surface area contributed by atoms with Crippen LogP contribution in [0.2, 0.25) is 0 Å². The zero-order chi connectivity index (χ0) is 80.7. The van der Waals surface area contributed by atoms with Gasteiger partial charge in [-0.1, -0.05) is 262 Å². The molecule has 3 heterocycles. The molecule has 12 aromatic rings. The van der Waals surface area contributed by atoms with Gasteiger partial charge in [-0.25, -0.2) is 0 Å². The molecule has 0 unspecified atom stereocenters. The van der Waals surface area contributed by atoms with E-state index in [9.17, 15) is 0 Å². The van der Waals surface area contributed by atoms with Crippen LogP contribution in [0, 0.1) is 74.7 Å². The summed E-state index contributed by atoms with van der Waals surface area (Å²) in [5.41, 5.74) is 23.1. The smallest absolute Gasteiger partial charge is 0.0133 e. The first-order chi connectivity index (χ1) is 51.2. The Balaban J connectivity index is 0.000000146. The molecule has 0 nitrogen and oxygen atoms in total. The van der Waals surface area contributed by atoms with E-state index in [1.165, 1.54) is 234 Å². The Morgan fingerprint density at radius 3 is 0.764 bits per heavy atom. The molecule has 0 aliphatic heterocycles. The van der Waals surface area contributed by atoms with Gasteiger partial charge in [-0.3, -0.25) is 0 Å². The maximum Gasteiger partial charge on any atom is 0.0133 e. The highest BCUT2D eigenvalue weighted by molar-refractivity contribution is 7.12. The van der Waals surface area contributed by atoms with E-state index in [4.69, 9.17) is 0 Å². The summed E-state index contributed by atoms with van der Waals surface area (Å²) in [6.07, 6.45) is 17.7. The van der Waals surface area contributed by atoms with Crippen LogP contribution in [0.5, 0.6) is 0 Å². The topological polar surface area (TPSA) is 0 Å². The van der Waals surface area contributed by atoms with Crippen LogP contribution in [0.15, 0.2) is 139 Å². The van der Waals surface area contributed by atoms with Gasteiger partial charge in [0.15, 0.2) is 0 Å². The predicted octanol–water partition coefficient (Wildman–Crippen LogP) is 34.5. The molecule has 3 saturated carbocycles. The Hall–Kier alpha value is -6.36. The fourth-order valence-corrected chi connectivity index (χ4v) is 22.1. The molecule has 15 rings (SSSR count). The highest BCUT2D eigenvalue weighted by Crippen LogP contribution is 2.49. The van der Waals surface area contributed by atoms with Gasteiger partial charge < -0.3 is 0 Å². The van der Waals surface area contributed by atoms with Crippen LogP contribution in [0.25, 0.3) is 64.6 Å². The van der Waals surface area contributed by atoms with Crippen molar-refractivity contribution >= 4 is 98.6 Å². The van der Waals surface area contributed by atoms with E-state index in [2.05, 4.69) is 347 Å². The van der Waals surface area contributed by atoms with Gasteiger partial charge in [-0.05, 0) is 367 Å². The van der Waals surface area contributed by atoms with Crippen LogP contribution >= 0.6 is 34.0 Å². The summed E-state index contributed by atoms with van der Waals surface area (Å²) < 4.78 is 0. The average Bonchev–Trinajstić information content (AvgIpc) is 0.850. The number of fused-ring (bicyclic) bond motifs is 6. The molecule has 0 saturated heterocycles. The summed E-state index contributed by atoms with van der Waals surface area (Å²) in [4.78, 5) is 7.53. The first kappa shape index (κ1) is 86.1. The molecule has 3 fully saturated rings. The van der Waals surface area contributed by atoms with E-state index >= 15 is 0 Å². The van der Waals surface area contributed by atoms with Gasteiger partial charge in [-0.15, -0.1) is 34.0 Å². The molecular formula is C107H142S3. The van der Waals surface area contributed by atoms with E-state index in [0.717, 1.165) is 11.8 Å². The van der Waals surface area contributed by atoms with Crippen LogP contribution in [-0.4, -0.2) is 0 Å². The highest BCUT2D eigenvalue weighted by Gasteiger charge is 2.32. The molecule has 3 aliphatic rings. The van der Waals surface area contributed by atoms with E-state index in [1.807, 2.05) is 34.0 Å². The minimum atomic E-state index is 0.173. The van der Waals surface area contributed by atoms with Crippen molar-refractivity contribution in [2.24, 2.45) is 5.41 Å².